The van der Waals surface area contributed by atoms with E-state index in [9.17, 15) is 5.26 Å². The van der Waals surface area contributed by atoms with Gasteiger partial charge in [0.15, 0.2) is 17.3 Å². The second-order valence-electron chi connectivity index (χ2n) is 9.69. The number of hydrogen-bond donors (Lipinski definition) is 1. The first-order valence-corrected chi connectivity index (χ1v) is 12.4. The summed E-state index contributed by atoms with van der Waals surface area (Å²) in [6.45, 7) is 10.3. The normalized spacial score (nSPS) is 11.3. The molecule has 0 aliphatic rings. The second kappa shape index (κ2) is 8.82. The summed E-state index contributed by atoms with van der Waals surface area (Å²) in [7, 11) is 0. The van der Waals surface area contributed by atoms with Gasteiger partial charge in [0, 0.05) is 10.8 Å². The lowest BCUT2D eigenvalue weighted by molar-refractivity contribution is 0.856. The standard InChI is InChI=1S/C30H26N8/c1-17-11-20(4)28-24(12-17)18(2)14-26(35-28)38-29(22(15-31)16-32-38)33-25-13-19(3)27-21(5)36-37(30(27)34-25)23-9-7-6-8-10-23/h6-14,16H,1-5H3,(H,33,34). The van der Waals surface area contributed by atoms with Crippen LogP contribution in [0.4, 0.5) is 11.6 Å². The number of aromatic nitrogens is 6. The van der Waals surface area contributed by atoms with Gasteiger partial charge >= 0.3 is 0 Å². The smallest absolute Gasteiger partial charge is 0.165 e. The maximum atomic E-state index is 9.88. The number of pyridine rings is 2. The molecule has 0 spiro atoms. The highest BCUT2D eigenvalue weighted by Gasteiger charge is 2.19. The van der Waals surface area contributed by atoms with E-state index < -0.39 is 0 Å². The van der Waals surface area contributed by atoms with E-state index in [-0.39, 0.29) is 0 Å². The van der Waals surface area contributed by atoms with Crippen molar-refractivity contribution in [3.8, 4) is 17.6 Å². The third-order valence-corrected chi connectivity index (χ3v) is 6.81. The molecule has 38 heavy (non-hydrogen) atoms. The van der Waals surface area contributed by atoms with Gasteiger partial charge in [-0.2, -0.15) is 20.1 Å². The topological polar surface area (TPSA) is 97.2 Å². The Kier molecular flexibility index (Phi) is 5.42. The Balaban J connectivity index is 1.50. The van der Waals surface area contributed by atoms with Crippen molar-refractivity contribution >= 4 is 33.6 Å². The molecule has 8 nitrogen and oxygen atoms in total. The Bertz CT molecular complexity index is 1910. The van der Waals surface area contributed by atoms with Crippen molar-refractivity contribution in [2.24, 2.45) is 0 Å². The molecule has 0 aliphatic carbocycles. The number of aryl methyl sites for hydroxylation is 5. The lowest BCUT2D eigenvalue weighted by Gasteiger charge is -2.13. The third-order valence-electron chi connectivity index (χ3n) is 6.81. The number of fused-ring (bicyclic) bond motifs is 2. The summed E-state index contributed by atoms with van der Waals surface area (Å²) >= 11 is 0. The Morgan fingerprint density at radius 2 is 1.63 bits per heavy atom. The average molecular weight is 499 g/mol. The van der Waals surface area contributed by atoms with E-state index in [0.29, 0.717) is 23.0 Å². The van der Waals surface area contributed by atoms with E-state index in [1.54, 1.807) is 10.9 Å². The van der Waals surface area contributed by atoms with E-state index >= 15 is 0 Å². The molecule has 0 atom stereocenters. The van der Waals surface area contributed by atoms with Gasteiger partial charge in [-0.3, -0.25) is 0 Å². The summed E-state index contributed by atoms with van der Waals surface area (Å²) < 4.78 is 3.52. The largest absolute Gasteiger partial charge is 0.324 e. The molecule has 0 unspecified atom stereocenters. The SMILES string of the molecule is Cc1cc(C)c2nc(-n3ncc(C#N)c3Nc3cc(C)c4c(C)nn(-c5ccccc5)c4n3)cc(C)c2c1. The van der Waals surface area contributed by atoms with Crippen molar-refractivity contribution in [2.45, 2.75) is 34.6 Å². The van der Waals surface area contributed by atoms with Crippen LogP contribution in [0.1, 0.15) is 33.5 Å². The number of nitriles is 1. The van der Waals surface area contributed by atoms with Crippen LogP contribution in [0.15, 0.2) is 60.8 Å². The molecule has 186 valence electrons. The number of rotatable bonds is 4. The molecule has 4 heterocycles. The van der Waals surface area contributed by atoms with Crippen molar-refractivity contribution in [3.63, 3.8) is 0 Å². The minimum Gasteiger partial charge on any atom is -0.324 e. The summed E-state index contributed by atoms with van der Waals surface area (Å²) in [5.74, 6) is 1.74. The van der Waals surface area contributed by atoms with Gasteiger partial charge in [0.1, 0.15) is 17.5 Å². The van der Waals surface area contributed by atoms with Gasteiger partial charge < -0.3 is 5.32 Å². The highest BCUT2D eigenvalue weighted by atomic mass is 15.4. The first kappa shape index (κ1) is 23.4. The van der Waals surface area contributed by atoms with Crippen LogP contribution in [0.2, 0.25) is 0 Å². The third kappa shape index (κ3) is 3.76. The molecular formula is C30H26N8. The van der Waals surface area contributed by atoms with E-state index in [1.165, 1.54) is 5.56 Å². The lowest BCUT2D eigenvalue weighted by atomic mass is 10.0. The molecule has 0 bridgehead atoms. The van der Waals surface area contributed by atoms with Crippen molar-refractivity contribution in [1.29, 1.82) is 5.26 Å². The molecule has 0 radical (unpaired) electrons. The van der Waals surface area contributed by atoms with Crippen molar-refractivity contribution < 1.29 is 0 Å². The Morgan fingerprint density at radius 3 is 2.39 bits per heavy atom. The number of hydrogen-bond acceptors (Lipinski definition) is 6. The molecule has 6 aromatic rings. The first-order chi connectivity index (χ1) is 18.3. The Labute approximate surface area is 220 Å². The molecule has 1 N–H and O–H groups in total. The maximum absolute atomic E-state index is 9.88. The van der Waals surface area contributed by atoms with Crippen LogP contribution in [-0.4, -0.2) is 29.5 Å². The van der Waals surface area contributed by atoms with Gasteiger partial charge in [-0.25, -0.2) is 14.6 Å². The minimum atomic E-state index is 0.400. The number of nitrogens with zero attached hydrogens (tertiary/aromatic N) is 7. The number of benzene rings is 2. The molecule has 4 aromatic heterocycles. The van der Waals surface area contributed by atoms with Crippen molar-refractivity contribution in [2.75, 3.05) is 5.32 Å². The monoisotopic (exact) mass is 498 g/mol. The van der Waals surface area contributed by atoms with Crippen LogP contribution >= 0.6 is 0 Å². The molecule has 8 heteroatoms. The summed E-state index contributed by atoms with van der Waals surface area (Å²) in [6.07, 6.45) is 1.55. The van der Waals surface area contributed by atoms with Crippen molar-refractivity contribution in [3.05, 3.63) is 94.3 Å². The van der Waals surface area contributed by atoms with E-state index in [0.717, 1.165) is 50.0 Å². The number of para-hydroxylation sites is 1. The van der Waals surface area contributed by atoms with Crippen LogP contribution in [0.5, 0.6) is 0 Å². The molecule has 0 fully saturated rings. The zero-order valence-corrected chi connectivity index (χ0v) is 21.9. The lowest BCUT2D eigenvalue weighted by Crippen LogP contribution is -2.08. The van der Waals surface area contributed by atoms with Gasteiger partial charge in [-0.15, -0.1) is 0 Å². The summed E-state index contributed by atoms with van der Waals surface area (Å²) in [6, 6.07) is 20.4. The predicted octanol–water partition coefficient (Wildman–Crippen LogP) is 6.31. The van der Waals surface area contributed by atoms with E-state index in [1.807, 2.05) is 61.0 Å². The Morgan fingerprint density at radius 1 is 0.842 bits per heavy atom. The summed E-state index contributed by atoms with van der Waals surface area (Å²) in [5, 5.41) is 24.7. The predicted molar refractivity (Wildman–Crippen MR) is 149 cm³/mol. The summed E-state index contributed by atoms with van der Waals surface area (Å²) in [5.41, 5.74) is 8.32. The first-order valence-electron chi connectivity index (χ1n) is 12.4. The van der Waals surface area contributed by atoms with Gasteiger partial charge in [0.25, 0.3) is 0 Å². The van der Waals surface area contributed by atoms with Gasteiger partial charge in [0.05, 0.1) is 23.1 Å². The fraction of sp³-hybridized carbons (Fsp3) is 0.167. The number of nitrogens with one attached hydrogen (secondary N) is 1. The Hall–Kier alpha value is -5.03. The van der Waals surface area contributed by atoms with Crippen LogP contribution in [-0.2, 0) is 0 Å². The molecule has 0 amide bonds. The zero-order valence-electron chi connectivity index (χ0n) is 21.9. The summed E-state index contributed by atoms with van der Waals surface area (Å²) in [4.78, 5) is 9.87. The van der Waals surface area contributed by atoms with Crippen LogP contribution in [0, 0.1) is 45.9 Å². The minimum absolute atomic E-state index is 0.400. The fourth-order valence-corrected chi connectivity index (χ4v) is 5.10. The molecule has 2 aromatic carbocycles. The average Bonchev–Trinajstić information content (AvgIpc) is 3.45. The van der Waals surface area contributed by atoms with E-state index in [2.05, 4.69) is 49.4 Å². The van der Waals surface area contributed by atoms with Crippen LogP contribution < -0.4 is 5.32 Å². The number of anilines is 2. The molecule has 0 saturated carbocycles. The molecule has 0 saturated heterocycles. The van der Waals surface area contributed by atoms with Gasteiger partial charge in [-0.1, -0.05) is 29.8 Å². The highest BCUT2D eigenvalue weighted by molar-refractivity contribution is 5.87. The quantitative estimate of drug-likeness (QED) is 0.306. The zero-order chi connectivity index (χ0) is 26.6. The second-order valence-corrected chi connectivity index (χ2v) is 9.69. The van der Waals surface area contributed by atoms with E-state index in [4.69, 9.17) is 15.1 Å². The van der Waals surface area contributed by atoms with Gasteiger partial charge in [-0.05, 0) is 81.6 Å². The van der Waals surface area contributed by atoms with Crippen LogP contribution in [0.3, 0.4) is 0 Å². The van der Waals surface area contributed by atoms with Crippen molar-refractivity contribution in [1.82, 2.24) is 29.5 Å². The maximum Gasteiger partial charge on any atom is 0.165 e. The van der Waals surface area contributed by atoms with Crippen LogP contribution in [0.25, 0.3) is 33.4 Å². The molecular weight excluding hydrogens is 472 g/mol. The fourth-order valence-electron chi connectivity index (χ4n) is 5.10. The van der Waals surface area contributed by atoms with Gasteiger partial charge in [0.2, 0.25) is 0 Å². The molecule has 6 rings (SSSR count). The molecule has 0 aliphatic heterocycles. The highest BCUT2D eigenvalue weighted by Crippen LogP contribution is 2.30.